The van der Waals surface area contributed by atoms with Crippen LogP contribution in [0, 0.1) is 0 Å². The van der Waals surface area contributed by atoms with Crippen LogP contribution in [0.5, 0.6) is 0 Å². The summed E-state index contributed by atoms with van der Waals surface area (Å²) in [5, 5.41) is 18.2. The molecule has 0 spiro atoms. The molecule has 0 fully saturated rings. The minimum atomic E-state index is -1.30. The molecule has 0 aliphatic heterocycles. The third kappa shape index (κ3) is 11.3. The maximum Gasteiger partial charge on any atom is 0.188 e. The lowest BCUT2D eigenvalue weighted by Crippen LogP contribution is -2.23. The van der Waals surface area contributed by atoms with Crippen molar-refractivity contribution in [1.29, 1.82) is 0 Å². The number of carbonyl (C=O) groups is 1. The molecule has 0 atom stereocenters. The van der Waals surface area contributed by atoms with Gasteiger partial charge in [-0.25, -0.2) is 0 Å². The number of thioether (sulfide) groups is 1. The van der Waals surface area contributed by atoms with Crippen molar-refractivity contribution in [1.82, 2.24) is 0 Å². The van der Waals surface area contributed by atoms with Gasteiger partial charge in [-0.2, -0.15) is 0 Å². The van der Waals surface area contributed by atoms with Gasteiger partial charge in [0.15, 0.2) is 5.12 Å². The summed E-state index contributed by atoms with van der Waals surface area (Å²) in [5.41, 5.74) is 0. The molecular formula is C13H28O3SSi. The predicted octanol–water partition coefficient (Wildman–Crippen LogP) is 2.29. The molecule has 2 N–H and O–H groups in total. The zero-order chi connectivity index (χ0) is 13.6. The minimum absolute atomic E-state index is 0.173. The van der Waals surface area contributed by atoms with Crippen molar-refractivity contribution < 1.29 is 15.0 Å². The quantitative estimate of drug-likeness (QED) is 0.428. The molecule has 5 heteroatoms. The van der Waals surface area contributed by atoms with Crippen molar-refractivity contribution in [2.24, 2.45) is 0 Å². The summed E-state index contributed by atoms with van der Waals surface area (Å²) < 4.78 is 0. The lowest BCUT2D eigenvalue weighted by molar-refractivity contribution is -0.111. The van der Waals surface area contributed by atoms with Crippen LogP contribution < -0.4 is 0 Å². The number of carbonyl (C=O) groups excluding carboxylic acids is 1. The van der Waals surface area contributed by atoms with Gasteiger partial charge in [-0.05, 0) is 12.8 Å². The number of rotatable bonds is 12. The molecule has 0 heterocycles. The normalized spacial score (nSPS) is 11.1. The summed E-state index contributed by atoms with van der Waals surface area (Å²) in [6, 6.07) is 0.934. The standard InChI is InChI=1S/C13H28O3SSi/c1-2-3-4-5-6-8-13(16)17-9-7-10-18(11-14)12-15/h14-15,18H,2-12H2,1H3. The van der Waals surface area contributed by atoms with E-state index >= 15 is 0 Å². The maximum absolute atomic E-state index is 11.5. The molecule has 0 radical (unpaired) electrons. The molecule has 108 valence electrons. The Morgan fingerprint density at radius 2 is 1.72 bits per heavy atom. The highest BCUT2D eigenvalue weighted by Crippen LogP contribution is 2.13. The van der Waals surface area contributed by atoms with Crippen LogP contribution in [0.1, 0.15) is 51.9 Å². The van der Waals surface area contributed by atoms with E-state index in [0.717, 1.165) is 24.6 Å². The van der Waals surface area contributed by atoms with Crippen LogP contribution in [0.4, 0.5) is 0 Å². The number of hydrogen-bond acceptors (Lipinski definition) is 4. The van der Waals surface area contributed by atoms with E-state index in [1.807, 2.05) is 0 Å². The fourth-order valence-electron chi connectivity index (χ4n) is 1.74. The van der Waals surface area contributed by atoms with Crippen LogP contribution in [0.25, 0.3) is 0 Å². The van der Waals surface area contributed by atoms with E-state index in [1.165, 1.54) is 37.4 Å². The average molecular weight is 293 g/mol. The molecule has 0 aromatic rings. The molecule has 0 rings (SSSR count). The molecule has 0 aliphatic carbocycles. The Kier molecular flexibility index (Phi) is 13.7. The fourth-order valence-corrected chi connectivity index (χ4v) is 4.13. The van der Waals surface area contributed by atoms with Crippen molar-refractivity contribution >= 4 is 25.7 Å². The molecule has 0 unspecified atom stereocenters. The highest BCUT2D eigenvalue weighted by Gasteiger charge is 2.08. The second-order valence-corrected chi connectivity index (χ2v) is 8.95. The first-order valence-electron chi connectivity index (χ1n) is 7.11. The van der Waals surface area contributed by atoms with Gasteiger partial charge in [0.1, 0.15) is 0 Å². The Bertz CT molecular complexity index is 199. The topological polar surface area (TPSA) is 57.5 Å². The van der Waals surface area contributed by atoms with E-state index < -0.39 is 8.80 Å². The van der Waals surface area contributed by atoms with E-state index in [2.05, 4.69) is 6.92 Å². The number of aliphatic hydroxyl groups is 2. The Balaban J connectivity index is 3.31. The van der Waals surface area contributed by atoms with Gasteiger partial charge >= 0.3 is 0 Å². The Morgan fingerprint density at radius 3 is 2.33 bits per heavy atom. The molecule has 0 saturated carbocycles. The molecule has 0 saturated heterocycles. The van der Waals surface area contributed by atoms with Crippen molar-refractivity contribution in [3.63, 3.8) is 0 Å². The zero-order valence-electron chi connectivity index (χ0n) is 11.6. The van der Waals surface area contributed by atoms with Gasteiger partial charge in [-0.15, -0.1) is 0 Å². The first kappa shape index (κ1) is 18.2. The highest BCUT2D eigenvalue weighted by molar-refractivity contribution is 8.13. The van der Waals surface area contributed by atoms with Crippen LogP contribution in [-0.4, -0.2) is 42.3 Å². The van der Waals surface area contributed by atoms with Gasteiger partial charge < -0.3 is 10.2 Å². The molecule has 0 aliphatic rings. The molecule has 0 bridgehead atoms. The van der Waals surface area contributed by atoms with E-state index in [1.54, 1.807) is 0 Å². The number of aliphatic hydroxyl groups excluding tert-OH is 2. The summed E-state index contributed by atoms with van der Waals surface area (Å²) in [6.07, 6.45) is 7.95. The highest BCUT2D eigenvalue weighted by atomic mass is 32.2. The van der Waals surface area contributed by atoms with Gasteiger partial charge in [0.25, 0.3) is 0 Å². The van der Waals surface area contributed by atoms with Crippen LogP contribution in [0.15, 0.2) is 0 Å². The Labute approximate surface area is 117 Å². The van der Waals surface area contributed by atoms with Crippen molar-refractivity contribution in [2.75, 3.05) is 18.2 Å². The SMILES string of the molecule is CCCCCCCC(=O)SCCC[SiH](CO)CO. The van der Waals surface area contributed by atoms with E-state index in [0.29, 0.717) is 11.5 Å². The zero-order valence-corrected chi connectivity index (χ0v) is 13.5. The molecule has 0 aromatic carbocycles. The van der Waals surface area contributed by atoms with Gasteiger partial charge in [0, 0.05) is 24.6 Å². The number of hydrogen-bond donors (Lipinski definition) is 2. The summed E-state index contributed by atoms with van der Waals surface area (Å²) >= 11 is 1.42. The average Bonchev–Trinajstić information content (AvgIpc) is 2.39. The first-order valence-corrected chi connectivity index (χ1v) is 10.5. The second-order valence-electron chi connectivity index (χ2n) is 4.76. The second kappa shape index (κ2) is 13.6. The first-order chi connectivity index (χ1) is 8.74. The molecular weight excluding hydrogens is 264 g/mol. The van der Waals surface area contributed by atoms with E-state index in [-0.39, 0.29) is 12.5 Å². The van der Waals surface area contributed by atoms with Gasteiger partial charge in [-0.1, -0.05) is 50.4 Å². The third-order valence-electron chi connectivity index (χ3n) is 3.02. The summed E-state index contributed by atoms with van der Waals surface area (Å²) in [6.45, 7) is 2.19. The van der Waals surface area contributed by atoms with Crippen LogP contribution >= 0.6 is 11.8 Å². The predicted molar refractivity (Wildman–Crippen MR) is 81.6 cm³/mol. The molecule has 3 nitrogen and oxygen atoms in total. The van der Waals surface area contributed by atoms with Crippen LogP contribution in [-0.2, 0) is 4.79 Å². The van der Waals surface area contributed by atoms with Crippen molar-refractivity contribution in [3.8, 4) is 0 Å². The summed E-state index contributed by atoms with van der Waals surface area (Å²) in [5.74, 6) is 0.845. The van der Waals surface area contributed by atoms with Crippen LogP contribution in [0.2, 0.25) is 6.04 Å². The summed E-state index contributed by atoms with van der Waals surface area (Å²) in [4.78, 5) is 11.5. The van der Waals surface area contributed by atoms with Gasteiger partial charge in [0.2, 0.25) is 0 Å². The van der Waals surface area contributed by atoms with Crippen molar-refractivity contribution in [3.05, 3.63) is 0 Å². The van der Waals surface area contributed by atoms with Gasteiger partial charge in [-0.3, -0.25) is 4.79 Å². The van der Waals surface area contributed by atoms with E-state index in [4.69, 9.17) is 10.2 Å². The lowest BCUT2D eigenvalue weighted by Gasteiger charge is -2.07. The Hall–Kier alpha value is 0.157. The molecule has 0 aromatic heterocycles. The van der Waals surface area contributed by atoms with Crippen molar-refractivity contribution in [2.45, 2.75) is 57.9 Å². The molecule has 18 heavy (non-hydrogen) atoms. The summed E-state index contributed by atoms with van der Waals surface area (Å²) in [7, 11) is -1.30. The largest absolute Gasteiger partial charge is 0.400 e. The number of unbranched alkanes of at least 4 members (excludes halogenated alkanes) is 4. The van der Waals surface area contributed by atoms with Gasteiger partial charge in [0.05, 0.1) is 8.80 Å². The maximum atomic E-state index is 11.5. The van der Waals surface area contributed by atoms with Crippen LogP contribution in [0.3, 0.4) is 0 Å². The van der Waals surface area contributed by atoms with E-state index in [9.17, 15) is 4.79 Å². The molecule has 0 amide bonds. The smallest absolute Gasteiger partial charge is 0.188 e. The fraction of sp³-hybridized carbons (Fsp3) is 0.923. The third-order valence-corrected chi connectivity index (χ3v) is 6.30. The minimum Gasteiger partial charge on any atom is -0.400 e. The lowest BCUT2D eigenvalue weighted by atomic mass is 10.1. The monoisotopic (exact) mass is 292 g/mol. The Morgan fingerprint density at radius 1 is 1.06 bits per heavy atom.